The molecule has 0 heterocycles. The molecule has 0 rings (SSSR count). The molecule has 0 radical (unpaired) electrons. The van der Waals surface area contributed by atoms with Crippen molar-refractivity contribution in [1.29, 1.82) is 0 Å². The van der Waals surface area contributed by atoms with E-state index in [0.717, 1.165) is 0 Å². The lowest BCUT2D eigenvalue weighted by molar-refractivity contribution is -0.136. The van der Waals surface area contributed by atoms with Gasteiger partial charge in [-0.1, -0.05) is 6.92 Å². The van der Waals surface area contributed by atoms with Gasteiger partial charge in [0.1, 0.15) is 0 Å². The number of methoxy groups -OCH3 is 1. The molecule has 0 aromatic rings. The van der Waals surface area contributed by atoms with Crippen molar-refractivity contribution < 1.29 is 19.7 Å². The van der Waals surface area contributed by atoms with E-state index in [1.54, 1.807) is 21.0 Å². The van der Waals surface area contributed by atoms with E-state index < -0.39 is 5.97 Å². The summed E-state index contributed by atoms with van der Waals surface area (Å²) in [6, 6.07) is 0. The van der Waals surface area contributed by atoms with Gasteiger partial charge >= 0.3 is 5.97 Å². The minimum absolute atomic E-state index is 0.00926. The van der Waals surface area contributed by atoms with Gasteiger partial charge in [-0.3, -0.25) is 4.79 Å². The van der Waals surface area contributed by atoms with E-state index >= 15 is 0 Å². The third-order valence-corrected chi connectivity index (χ3v) is 0.962. The maximum atomic E-state index is 9.37. The summed E-state index contributed by atoms with van der Waals surface area (Å²) < 4.78 is 4.65. The Bertz CT molecular complexity index is 88.4. The molecule has 0 aliphatic rings. The SMILES string of the molecule is CCC(=O)O.COC(C)CO. The molecule has 0 amide bonds. The number of rotatable bonds is 3. The van der Waals surface area contributed by atoms with Crippen molar-refractivity contribution in [3.05, 3.63) is 0 Å². The predicted octanol–water partition coefficient (Wildman–Crippen LogP) is 0.495. The molecule has 0 aromatic heterocycles. The van der Waals surface area contributed by atoms with Crippen LogP contribution in [0.4, 0.5) is 0 Å². The van der Waals surface area contributed by atoms with Gasteiger partial charge in [0.05, 0.1) is 12.7 Å². The number of hydrogen-bond acceptors (Lipinski definition) is 3. The lowest BCUT2D eigenvalue weighted by Gasteiger charge is -2.00. The molecule has 0 bridgehead atoms. The van der Waals surface area contributed by atoms with Crippen LogP contribution in [0.25, 0.3) is 0 Å². The molecule has 4 heteroatoms. The molecule has 1 atom stereocenters. The first kappa shape index (κ1) is 13.0. The Morgan fingerprint density at radius 1 is 1.64 bits per heavy atom. The first-order chi connectivity index (χ1) is 5.08. The molecule has 11 heavy (non-hydrogen) atoms. The zero-order valence-corrected chi connectivity index (χ0v) is 7.20. The topological polar surface area (TPSA) is 66.8 Å². The molecular weight excluding hydrogens is 148 g/mol. The van der Waals surface area contributed by atoms with Gasteiger partial charge in [0.15, 0.2) is 0 Å². The minimum atomic E-state index is -0.745. The summed E-state index contributed by atoms with van der Waals surface area (Å²) in [5, 5.41) is 15.9. The van der Waals surface area contributed by atoms with Gasteiger partial charge in [-0.2, -0.15) is 0 Å². The van der Waals surface area contributed by atoms with Gasteiger partial charge in [0.2, 0.25) is 0 Å². The highest BCUT2D eigenvalue weighted by molar-refractivity contribution is 5.66. The lowest BCUT2D eigenvalue weighted by Crippen LogP contribution is -2.08. The average Bonchev–Trinajstić information content (AvgIpc) is 2.04. The van der Waals surface area contributed by atoms with E-state index in [1.807, 2.05) is 0 Å². The van der Waals surface area contributed by atoms with E-state index in [0.29, 0.717) is 0 Å². The van der Waals surface area contributed by atoms with Crippen LogP contribution in [-0.4, -0.2) is 36.0 Å². The van der Waals surface area contributed by atoms with Crippen LogP contribution < -0.4 is 0 Å². The van der Waals surface area contributed by atoms with Gasteiger partial charge in [0.25, 0.3) is 0 Å². The summed E-state index contributed by atoms with van der Waals surface area (Å²) in [4.78, 5) is 9.37. The summed E-state index contributed by atoms with van der Waals surface area (Å²) >= 11 is 0. The standard InChI is InChI=1S/C4H10O2.C3H6O2/c1-4(3-5)6-2;1-2-3(4)5/h4-5H,3H2,1-2H3;2H2,1H3,(H,4,5). The molecule has 2 N–H and O–H groups in total. The summed E-state index contributed by atoms with van der Waals surface area (Å²) in [6.45, 7) is 3.51. The quantitative estimate of drug-likeness (QED) is 0.637. The van der Waals surface area contributed by atoms with Crippen molar-refractivity contribution in [1.82, 2.24) is 0 Å². The van der Waals surface area contributed by atoms with E-state index in [1.165, 1.54) is 0 Å². The summed E-state index contributed by atoms with van der Waals surface area (Å²) in [5.41, 5.74) is 0. The lowest BCUT2D eigenvalue weighted by atomic mass is 10.4. The highest BCUT2D eigenvalue weighted by atomic mass is 16.5. The molecule has 0 aliphatic carbocycles. The summed E-state index contributed by atoms with van der Waals surface area (Å²) in [5.74, 6) is -0.745. The van der Waals surface area contributed by atoms with E-state index in [2.05, 4.69) is 4.74 Å². The number of hydrogen-bond donors (Lipinski definition) is 2. The Labute approximate surface area is 66.8 Å². The Balaban J connectivity index is 0. The highest BCUT2D eigenvalue weighted by Gasteiger charge is 1.90. The fourth-order valence-electron chi connectivity index (χ4n) is 0.0745. The van der Waals surface area contributed by atoms with Gasteiger partial charge in [0, 0.05) is 13.5 Å². The van der Waals surface area contributed by atoms with Crippen LogP contribution in [0, 0.1) is 0 Å². The smallest absolute Gasteiger partial charge is 0.303 e. The molecule has 4 nitrogen and oxygen atoms in total. The third-order valence-electron chi connectivity index (χ3n) is 0.962. The molecule has 0 aromatic carbocycles. The van der Waals surface area contributed by atoms with Crippen LogP contribution >= 0.6 is 0 Å². The molecular formula is C7H16O4. The van der Waals surface area contributed by atoms with E-state index in [-0.39, 0.29) is 19.1 Å². The number of carboxylic acids is 1. The molecule has 0 aliphatic heterocycles. The Kier molecular flexibility index (Phi) is 11.1. The molecule has 0 spiro atoms. The van der Waals surface area contributed by atoms with Gasteiger partial charge < -0.3 is 14.9 Å². The fourth-order valence-corrected chi connectivity index (χ4v) is 0.0745. The van der Waals surface area contributed by atoms with Gasteiger partial charge in [-0.15, -0.1) is 0 Å². The third kappa shape index (κ3) is 17.7. The number of aliphatic hydroxyl groups excluding tert-OH is 1. The second kappa shape index (κ2) is 9.39. The number of aliphatic carboxylic acids is 1. The molecule has 0 saturated heterocycles. The van der Waals surface area contributed by atoms with Gasteiger partial charge in [-0.25, -0.2) is 0 Å². The molecule has 1 unspecified atom stereocenters. The second-order valence-corrected chi connectivity index (χ2v) is 1.98. The molecule has 0 fully saturated rings. The Morgan fingerprint density at radius 2 is 2.00 bits per heavy atom. The summed E-state index contributed by atoms with van der Waals surface area (Å²) in [6.07, 6.45) is 0.213. The van der Waals surface area contributed by atoms with Crippen molar-refractivity contribution in [3.8, 4) is 0 Å². The van der Waals surface area contributed by atoms with Crippen molar-refractivity contribution in [2.24, 2.45) is 0 Å². The highest BCUT2D eigenvalue weighted by Crippen LogP contribution is 1.80. The zero-order chi connectivity index (χ0) is 9.28. The zero-order valence-electron chi connectivity index (χ0n) is 7.20. The number of carbonyl (C=O) groups is 1. The number of ether oxygens (including phenoxy) is 1. The van der Waals surface area contributed by atoms with Crippen LogP contribution in [0.3, 0.4) is 0 Å². The average molecular weight is 164 g/mol. The number of carboxylic acid groups (broad SMARTS) is 1. The Morgan fingerprint density at radius 3 is 2.00 bits per heavy atom. The van der Waals surface area contributed by atoms with Crippen LogP contribution in [0.15, 0.2) is 0 Å². The van der Waals surface area contributed by atoms with Crippen molar-refractivity contribution >= 4 is 5.97 Å². The van der Waals surface area contributed by atoms with E-state index in [9.17, 15) is 4.79 Å². The molecule has 68 valence electrons. The fraction of sp³-hybridized carbons (Fsp3) is 0.857. The second-order valence-electron chi connectivity index (χ2n) is 1.98. The van der Waals surface area contributed by atoms with E-state index in [4.69, 9.17) is 10.2 Å². The minimum Gasteiger partial charge on any atom is -0.481 e. The predicted molar refractivity (Wildman–Crippen MR) is 41.5 cm³/mol. The van der Waals surface area contributed by atoms with Crippen molar-refractivity contribution in [2.45, 2.75) is 26.4 Å². The molecule has 0 saturated carbocycles. The number of aliphatic hydroxyl groups is 1. The first-order valence-corrected chi connectivity index (χ1v) is 3.43. The van der Waals surface area contributed by atoms with Crippen LogP contribution in [0.5, 0.6) is 0 Å². The van der Waals surface area contributed by atoms with Crippen molar-refractivity contribution in [3.63, 3.8) is 0 Å². The largest absolute Gasteiger partial charge is 0.481 e. The first-order valence-electron chi connectivity index (χ1n) is 3.43. The van der Waals surface area contributed by atoms with Gasteiger partial charge in [-0.05, 0) is 6.92 Å². The van der Waals surface area contributed by atoms with Crippen molar-refractivity contribution in [2.75, 3.05) is 13.7 Å². The van der Waals surface area contributed by atoms with Crippen LogP contribution in [0.1, 0.15) is 20.3 Å². The van der Waals surface area contributed by atoms with Crippen LogP contribution in [0.2, 0.25) is 0 Å². The summed E-state index contributed by atoms with van der Waals surface area (Å²) in [7, 11) is 1.57. The monoisotopic (exact) mass is 164 g/mol. The maximum absolute atomic E-state index is 9.37. The normalized spacial score (nSPS) is 11.3. The maximum Gasteiger partial charge on any atom is 0.303 e. The Hall–Kier alpha value is -0.610. The van der Waals surface area contributed by atoms with Crippen LogP contribution in [-0.2, 0) is 9.53 Å².